The highest BCUT2D eigenvalue weighted by Crippen LogP contribution is 2.19. The Kier molecular flexibility index (Phi) is 7.02. The van der Waals surface area contributed by atoms with Gasteiger partial charge in [-0.3, -0.25) is 9.59 Å². The fraction of sp³-hybridized carbons (Fsp3) is 0.714. The van der Waals surface area contributed by atoms with Gasteiger partial charge >= 0.3 is 12.2 Å². The van der Waals surface area contributed by atoms with Crippen LogP contribution in [0.2, 0.25) is 0 Å². The molecule has 9 nitrogen and oxygen atoms in total. The van der Waals surface area contributed by atoms with Crippen LogP contribution in [-0.4, -0.2) is 64.7 Å². The molecule has 1 rings (SSSR count). The van der Waals surface area contributed by atoms with E-state index in [9.17, 15) is 19.5 Å². The Hall–Kier alpha value is -2.09. The van der Waals surface area contributed by atoms with Gasteiger partial charge < -0.3 is 25.4 Å². The van der Waals surface area contributed by atoms with E-state index in [1.165, 1.54) is 0 Å². The van der Waals surface area contributed by atoms with Crippen LogP contribution in [0, 0.1) is 0 Å². The van der Waals surface area contributed by atoms with Crippen LogP contribution in [0.1, 0.15) is 33.1 Å². The molecule has 23 heavy (non-hydrogen) atoms. The van der Waals surface area contributed by atoms with Gasteiger partial charge in [0.05, 0.1) is 19.3 Å². The van der Waals surface area contributed by atoms with Crippen LogP contribution in [-0.2, 0) is 23.9 Å². The van der Waals surface area contributed by atoms with Crippen molar-refractivity contribution >= 4 is 23.9 Å². The molecule has 9 heteroatoms. The minimum Gasteiger partial charge on any atom is -0.461 e. The number of nitrogens with one attached hydrogen (secondary N) is 1. The monoisotopic (exact) mass is 327 g/mol. The Morgan fingerprint density at radius 3 is 2.70 bits per heavy atom. The van der Waals surface area contributed by atoms with Crippen molar-refractivity contribution < 1.29 is 33.8 Å². The van der Waals surface area contributed by atoms with Crippen LogP contribution in [0.5, 0.6) is 0 Å². The summed E-state index contributed by atoms with van der Waals surface area (Å²) >= 11 is 0. The molecule has 0 bridgehead atoms. The predicted molar refractivity (Wildman–Crippen MR) is 77.5 cm³/mol. The van der Waals surface area contributed by atoms with Crippen molar-refractivity contribution in [2.75, 3.05) is 13.2 Å². The number of nitrogens with zero attached hydrogens (tertiary/aromatic N) is 2. The fourth-order valence-electron chi connectivity index (χ4n) is 2.00. The van der Waals surface area contributed by atoms with E-state index in [-0.39, 0.29) is 32.5 Å². The average molecular weight is 327 g/mol. The summed E-state index contributed by atoms with van der Waals surface area (Å²) in [6, 6.07) is -1.09. The SMILES string of the molecule is CC(C)OC(=O)[C@H](CCC(=O)C=[N+]=[N-])NC(=O)C1(O)CCOC1. The molecule has 1 heterocycles. The zero-order valence-corrected chi connectivity index (χ0v) is 13.2. The summed E-state index contributed by atoms with van der Waals surface area (Å²) in [4.78, 5) is 38.1. The van der Waals surface area contributed by atoms with Crippen LogP contribution in [0.4, 0.5) is 0 Å². The third-order valence-electron chi connectivity index (χ3n) is 3.25. The van der Waals surface area contributed by atoms with E-state index in [1.54, 1.807) is 13.8 Å². The van der Waals surface area contributed by atoms with Gasteiger partial charge in [0.25, 0.3) is 5.91 Å². The summed E-state index contributed by atoms with van der Waals surface area (Å²) in [6.45, 7) is 3.40. The summed E-state index contributed by atoms with van der Waals surface area (Å²) in [5.41, 5.74) is 6.61. The minimum atomic E-state index is -1.69. The number of carbonyl (C=O) groups excluding carboxylic acids is 3. The third-order valence-corrected chi connectivity index (χ3v) is 3.25. The second kappa shape index (κ2) is 8.52. The number of carbonyl (C=O) groups is 3. The van der Waals surface area contributed by atoms with Gasteiger partial charge in [-0.1, -0.05) is 0 Å². The zero-order chi connectivity index (χ0) is 17.5. The number of hydrogen-bond donors (Lipinski definition) is 2. The van der Waals surface area contributed by atoms with Gasteiger partial charge in [0, 0.05) is 12.8 Å². The summed E-state index contributed by atoms with van der Waals surface area (Å²) in [6.07, 6.45) is 0.275. The first-order valence-corrected chi connectivity index (χ1v) is 7.30. The molecule has 0 radical (unpaired) electrons. The molecule has 1 amide bonds. The Balaban J connectivity index is 2.73. The van der Waals surface area contributed by atoms with Crippen molar-refractivity contribution in [2.45, 2.75) is 50.9 Å². The summed E-state index contributed by atoms with van der Waals surface area (Å²) in [5, 5.41) is 12.5. The van der Waals surface area contributed by atoms with E-state index in [0.29, 0.717) is 6.21 Å². The van der Waals surface area contributed by atoms with Crippen LogP contribution in [0.3, 0.4) is 0 Å². The van der Waals surface area contributed by atoms with Gasteiger partial charge in [0.1, 0.15) is 6.04 Å². The molecule has 0 aliphatic carbocycles. The maximum absolute atomic E-state index is 12.1. The number of rotatable bonds is 8. The number of ether oxygens (including phenoxy) is 2. The topological polar surface area (TPSA) is 138 Å². The van der Waals surface area contributed by atoms with E-state index < -0.39 is 35.4 Å². The average Bonchev–Trinajstić information content (AvgIpc) is 2.90. The van der Waals surface area contributed by atoms with Crippen LogP contribution < -0.4 is 5.32 Å². The van der Waals surface area contributed by atoms with Gasteiger partial charge in [-0.15, -0.1) is 0 Å². The van der Waals surface area contributed by atoms with Gasteiger partial charge in [0.2, 0.25) is 5.78 Å². The highest BCUT2D eigenvalue weighted by molar-refractivity contribution is 6.25. The van der Waals surface area contributed by atoms with Crippen LogP contribution in [0.25, 0.3) is 5.53 Å². The second-order valence-corrected chi connectivity index (χ2v) is 5.60. The quantitative estimate of drug-likeness (QED) is 0.260. The van der Waals surface area contributed by atoms with Gasteiger partial charge in [-0.2, -0.15) is 4.79 Å². The first kappa shape index (κ1) is 19.0. The highest BCUT2D eigenvalue weighted by atomic mass is 16.5. The number of amides is 1. The molecule has 0 aromatic rings. The number of aliphatic hydroxyl groups is 1. The van der Waals surface area contributed by atoms with E-state index in [4.69, 9.17) is 15.0 Å². The first-order valence-electron chi connectivity index (χ1n) is 7.30. The van der Waals surface area contributed by atoms with Crippen LogP contribution in [0.15, 0.2) is 0 Å². The minimum absolute atomic E-state index is 0.0426. The molecule has 0 saturated carbocycles. The highest BCUT2D eigenvalue weighted by Gasteiger charge is 2.41. The zero-order valence-electron chi connectivity index (χ0n) is 13.2. The van der Waals surface area contributed by atoms with Crippen molar-refractivity contribution in [1.82, 2.24) is 5.32 Å². The fourth-order valence-corrected chi connectivity index (χ4v) is 2.00. The maximum Gasteiger partial charge on any atom is 0.328 e. The van der Waals surface area contributed by atoms with E-state index in [2.05, 4.69) is 10.1 Å². The lowest BCUT2D eigenvalue weighted by Gasteiger charge is -2.24. The summed E-state index contributed by atoms with van der Waals surface area (Å²) in [7, 11) is 0. The molecule has 1 fully saturated rings. The molecular weight excluding hydrogens is 306 g/mol. The van der Waals surface area contributed by atoms with Crippen LogP contribution >= 0.6 is 0 Å². The van der Waals surface area contributed by atoms with E-state index in [1.807, 2.05) is 0 Å². The molecule has 1 saturated heterocycles. The molecule has 1 aliphatic rings. The smallest absolute Gasteiger partial charge is 0.328 e. The summed E-state index contributed by atoms with van der Waals surface area (Å²) < 4.78 is 10.0. The molecule has 2 atom stereocenters. The molecule has 2 N–H and O–H groups in total. The summed E-state index contributed by atoms with van der Waals surface area (Å²) in [5.74, 6) is -1.96. The predicted octanol–water partition coefficient (Wildman–Crippen LogP) is -0.776. The number of esters is 1. The lowest BCUT2D eigenvalue weighted by Crippen LogP contribution is -2.53. The largest absolute Gasteiger partial charge is 0.461 e. The molecule has 0 aromatic carbocycles. The van der Waals surface area contributed by atoms with Gasteiger partial charge in [-0.25, -0.2) is 4.79 Å². The van der Waals surface area contributed by atoms with Crippen molar-refractivity contribution in [1.29, 1.82) is 0 Å². The van der Waals surface area contributed by atoms with Crippen molar-refractivity contribution in [2.24, 2.45) is 0 Å². The van der Waals surface area contributed by atoms with E-state index >= 15 is 0 Å². The third kappa shape index (κ3) is 5.90. The molecule has 1 aliphatic heterocycles. The first-order chi connectivity index (χ1) is 10.8. The Morgan fingerprint density at radius 1 is 1.48 bits per heavy atom. The maximum atomic E-state index is 12.1. The number of hydrogen-bond acceptors (Lipinski definition) is 6. The van der Waals surface area contributed by atoms with Crippen molar-refractivity contribution in [3.8, 4) is 0 Å². The lowest BCUT2D eigenvalue weighted by molar-refractivity contribution is -0.154. The van der Waals surface area contributed by atoms with Gasteiger partial charge in [0.15, 0.2) is 5.60 Å². The molecule has 0 aromatic heterocycles. The molecule has 128 valence electrons. The van der Waals surface area contributed by atoms with E-state index in [0.717, 1.165) is 0 Å². The Morgan fingerprint density at radius 2 is 2.17 bits per heavy atom. The Labute approximate surface area is 133 Å². The molecule has 1 unspecified atom stereocenters. The standard InChI is InChI=1S/C14H21N3O6/c1-9(2)23-12(19)11(4-3-10(18)7-16-15)17-13(20)14(21)5-6-22-8-14/h7,9,11,21H,3-6,8H2,1-2H3,(H,17,20)/t11-,14?/m0/s1. The molecule has 0 spiro atoms. The Bertz CT molecular complexity index is 507. The molecular formula is C14H21N3O6. The van der Waals surface area contributed by atoms with Gasteiger partial charge in [-0.05, 0) is 20.3 Å². The van der Waals surface area contributed by atoms with Crippen molar-refractivity contribution in [3.05, 3.63) is 5.53 Å². The number of ketones is 1. The van der Waals surface area contributed by atoms with Crippen molar-refractivity contribution in [3.63, 3.8) is 0 Å². The number of Topliss-reactive ketones (excluding diaryl/α,β-unsaturated/α-hetero) is 1. The lowest BCUT2D eigenvalue weighted by atomic mass is 10.0. The second-order valence-electron chi connectivity index (χ2n) is 5.60. The normalized spacial score (nSPS) is 21.4.